The number of amides is 1. The van der Waals surface area contributed by atoms with E-state index in [9.17, 15) is 19.2 Å². The van der Waals surface area contributed by atoms with E-state index in [1.54, 1.807) is 0 Å². The SMILES string of the molecule is COC(=O)CCCCCNC(=O)c1c[nH]c(=O)[nH]c1=O. The maximum atomic E-state index is 11.6. The molecule has 1 rings (SSSR count). The van der Waals surface area contributed by atoms with E-state index in [1.165, 1.54) is 7.11 Å². The molecular formula is C12H17N3O5. The van der Waals surface area contributed by atoms with Gasteiger partial charge in [-0.1, -0.05) is 6.42 Å². The summed E-state index contributed by atoms with van der Waals surface area (Å²) >= 11 is 0. The van der Waals surface area contributed by atoms with E-state index < -0.39 is 17.2 Å². The predicted molar refractivity (Wildman–Crippen MR) is 70.5 cm³/mol. The third-order valence-electron chi connectivity index (χ3n) is 2.63. The van der Waals surface area contributed by atoms with Crippen LogP contribution < -0.4 is 16.6 Å². The Morgan fingerprint density at radius 1 is 1.25 bits per heavy atom. The maximum Gasteiger partial charge on any atom is 0.325 e. The number of H-pyrrole nitrogens is 2. The van der Waals surface area contributed by atoms with Gasteiger partial charge in [-0.2, -0.15) is 0 Å². The first kappa shape index (κ1) is 15.7. The number of aromatic amines is 2. The maximum absolute atomic E-state index is 11.6. The molecule has 8 nitrogen and oxygen atoms in total. The van der Waals surface area contributed by atoms with Crippen molar-refractivity contribution in [3.05, 3.63) is 32.6 Å². The highest BCUT2D eigenvalue weighted by Crippen LogP contribution is 2.00. The fraction of sp³-hybridized carbons (Fsp3) is 0.500. The molecule has 0 radical (unpaired) electrons. The van der Waals surface area contributed by atoms with Crippen LogP contribution in [0.15, 0.2) is 15.8 Å². The summed E-state index contributed by atoms with van der Waals surface area (Å²) in [7, 11) is 1.34. The normalized spacial score (nSPS) is 10.1. The summed E-state index contributed by atoms with van der Waals surface area (Å²) in [6, 6.07) is 0. The molecule has 0 aliphatic carbocycles. The number of methoxy groups -OCH3 is 1. The summed E-state index contributed by atoms with van der Waals surface area (Å²) in [5, 5.41) is 2.56. The summed E-state index contributed by atoms with van der Waals surface area (Å²) in [6.07, 6.45) is 3.56. The Labute approximate surface area is 114 Å². The number of esters is 1. The van der Waals surface area contributed by atoms with Crippen molar-refractivity contribution in [3.8, 4) is 0 Å². The van der Waals surface area contributed by atoms with Crippen LogP contribution in [-0.4, -0.2) is 35.5 Å². The third-order valence-corrected chi connectivity index (χ3v) is 2.63. The molecule has 1 amide bonds. The second-order valence-corrected chi connectivity index (χ2v) is 4.13. The van der Waals surface area contributed by atoms with E-state index in [0.29, 0.717) is 25.8 Å². The van der Waals surface area contributed by atoms with Crippen LogP contribution in [0.5, 0.6) is 0 Å². The zero-order chi connectivity index (χ0) is 15.0. The first-order valence-corrected chi connectivity index (χ1v) is 6.21. The van der Waals surface area contributed by atoms with Gasteiger partial charge in [0.05, 0.1) is 7.11 Å². The zero-order valence-corrected chi connectivity index (χ0v) is 11.2. The van der Waals surface area contributed by atoms with Crippen LogP contribution in [0.1, 0.15) is 36.0 Å². The molecular weight excluding hydrogens is 266 g/mol. The lowest BCUT2D eigenvalue weighted by atomic mass is 10.2. The van der Waals surface area contributed by atoms with Gasteiger partial charge in [-0.25, -0.2) is 4.79 Å². The summed E-state index contributed by atoms with van der Waals surface area (Å²) in [6.45, 7) is 0.387. The third kappa shape index (κ3) is 5.09. The average molecular weight is 283 g/mol. The van der Waals surface area contributed by atoms with Crippen LogP contribution in [0.3, 0.4) is 0 Å². The Kier molecular flexibility index (Phi) is 6.21. The van der Waals surface area contributed by atoms with Crippen molar-refractivity contribution in [2.24, 2.45) is 0 Å². The summed E-state index contributed by atoms with van der Waals surface area (Å²) < 4.78 is 4.50. The minimum Gasteiger partial charge on any atom is -0.469 e. The van der Waals surface area contributed by atoms with E-state index in [-0.39, 0.29) is 11.5 Å². The van der Waals surface area contributed by atoms with Crippen LogP contribution in [0.2, 0.25) is 0 Å². The van der Waals surface area contributed by atoms with Crippen LogP contribution >= 0.6 is 0 Å². The van der Waals surface area contributed by atoms with Gasteiger partial charge in [-0.05, 0) is 12.8 Å². The fourth-order valence-electron chi connectivity index (χ4n) is 1.55. The first-order chi connectivity index (χ1) is 9.54. The van der Waals surface area contributed by atoms with Crippen molar-refractivity contribution in [2.75, 3.05) is 13.7 Å². The van der Waals surface area contributed by atoms with Gasteiger partial charge in [-0.15, -0.1) is 0 Å². The number of hydrogen-bond donors (Lipinski definition) is 3. The largest absolute Gasteiger partial charge is 0.469 e. The molecule has 0 spiro atoms. The van der Waals surface area contributed by atoms with E-state index in [4.69, 9.17) is 0 Å². The summed E-state index contributed by atoms with van der Waals surface area (Å²) in [4.78, 5) is 48.8. The molecule has 8 heteroatoms. The molecule has 0 aliphatic heterocycles. The molecule has 1 aromatic rings. The Bertz CT molecular complexity index is 575. The monoisotopic (exact) mass is 283 g/mol. The molecule has 0 bridgehead atoms. The number of hydrogen-bond acceptors (Lipinski definition) is 5. The lowest BCUT2D eigenvalue weighted by Crippen LogP contribution is -2.33. The highest BCUT2D eigenvalue weighted by Gasteiger charge is 2.09. The summed E-state index contributed by atoms with van der Waals surface area (Å²) in [5.41, 5.74) is -1.52. The highest BCUT2D eigenvalue weighted by atomic mass is 16.5. The van der Waals surface area contributed by atoms with Crippen molar-refractivity contribution in [2.45, 2.75) is 25.7 Å². The summed E-state index contributed by atoms with van der Waals surface area (Å²) in [5.74, 6) is -0.802. The van der Waals surface area contributed by atoms with Crippen molar-refractivity contribution in [1.29, 1.82) is 0 Å². The lowest BCUT2D eigenvalue weighted by Gasteiger charge is -2.04. The second kappa shape index (κ2) is 7.93. The van der Waals surface area contributed by atoms with Gasteiger partial charge in [0.15, 0.2) is 0 Å². The van der Waals surface area contributed by atoms with Gasteiger partial charge in [0, 0.05) is 19.2 Å². The topological polar surface area (TPSA) is 121 Å². The number of carbonyl (C=O) groups is 2. The molecule has 0 aromatic carbocycles. The Hall–Kier alpha value is -2.38. The van der Waals surface area contributed by atoms with Crippen molar-refractivity contribution >= 4 is 11.9 Å². The van der Waals surface area contributed by atoms with Crippen LogP contribution in [0.25, 0.3) is 0 Å². The van der Waals surface area contributed by atoms with Crippen molar-refractivity contribution < 1.29 is 14.3 Å². The Balaban J connectivity index is 2.28. The predicted octanol–water partition coefficient (Wildman–Crippen LogP) is -0.474. The van der Waals surface area contributed by atoms with E-state index in [2.05, 4.69) is 15.0 Å². The quantitative estimate of drug-likeness (QED) is 0.461. The molecule has 0 aliphatic rings. The number of carbonyl (C=O) groups excluding carboxylic acids is 2. The highest BCUT2D eigenvalue weighted by molar-refractivity contribution is 5.93. The van der Waals surface area contributed by atoms with E-state index >= 15 is 0 Å². The first-order valence-electron chi connectivity index (χ1n) is 6.21. The number of ether oxygens (including phenoxy) is 1. The minimum absolute atomic E-state index is 0.140. The van der Waals surface area contributed by atoms with Crippen molar-refractivity contribution in [1.82, 2.24) is 15.3 Å². The molecule has 0 unspecified atom stereocenters. The van der Waals surface area contributed by atoms with Crippen LogP contribution in [-0.2, 0) is 9.53 Å². The van der Waals surface area contributed by atoms with Crippen LogP contribution in [0, 0.1) is 0 Å². The Morgan fingerprint density at radius 3 is 2.65 bits per heavy atom. The van der Waals surface area contributed by atoms with Gasteiger partial charge >= 0.3 is 11.7 Å². The van der Waals surface area contributed by atoms with Crippen molar-refractivity contribution in [3.63, 3.8) is 0 Å². The number of unbranched alkanes of at least 4 members (excludes halogenated alkanes) is 2. The number of aromatic nitrogens is 2. The van der Waals surface area contributed by atoms with E-state index in [0.717, 1.165) is 12.6 Å². The standard InChI is InChI=1S/C12H17N3O5/c1-20-9(16)5-3-2-4-6-13-10(17)8-7-14-12(19)15-11(8)18/h7H,2-6H2,1H3,(H,13,17)(H2,14,15,18,19). The Morgan fingerprint density at radius 2 is 2.00 bits per heavy atom. The molecule has 3 N–H and O–H groups in total. The molecule has 0 atom stereocenters. The molecule has 20 heavy (non-hydrogen) atoms. The number of nitrogens with one attached hydrogen (secondary N) is 3. The van der Waals surface area contributed by atoms with Gasteiger partial charge in [0.25, 0.3) is 11.5 Å². The minimum atomic E-state index is -0.725. The molecule has 1 heterocycles. The molecule has 0 fully saturated rings. The van der Waals surface area contributed by atoms with Gasteiger partial charge in [0.2, 0.25) is 0 Å². The molecule has 0 saturated heterocycles. The van der Waals surface area contributed by atoms with E-state index in [1.807, 2.05) is 4.98 Å². The van der Waals surface area contributed by atoms with Gasteiger partial charge in [0.1, 0.15) is 5.56 Å². The average Bonchev–Trinajstić information content (AvgIpc) is 2.42. The second-order valence-electron chi connectivity index (χ2n) is 4.13. The molecule has 0 saturated carbocycles. The molecule has 1 aromatic heterocycles. The van der Waals surface area contributed by atoms with Gasteiger partial charge < -0.3 is 15.0 Å². The van der Waals surface area contributed by atoms with Crippen LogP contribution in [0.4, 0.5) is 0 Å². The lowest BCUT2D eigenvalue weighted by molar-refractivity contribution is -0.140. The number of rotatable bonds is 7. The van der Waals surface area contributed by atoms with Gasteiger partial charge in [-0.3, -0.25) is 19.4 Å². The zero-order valence-electron chi connectivity index (χ0n) is 11.2. The smallest absolute Gasteiger partial charge is 0.325 e. The molecule has 110 valence electrons. The fourth-order valence-corrected chi connectivity index (χ4v) is 1.55.